The fraction of sp³-hybridized carbons (Fsp3) is 0.125. The smallest absolute Gasteiger partial charge is 0.273 e. The zero-order valence-electron chi connectivity index (χ0n) is 11.8. The highest BCUT2D eigenvalue weighted by atomic mass is 16.3. The number of nitrogens with one attached hydrogen (secondary N) is 2. The molecule has 0 unspecified atom stereocenters. The summed E-state index contributed by atoms with van der Waals surface area (Å²) in [6.07, 6.45) is 0. The monoisotopic (exact) mass is 284 g/mol. The highest BCUT2D eigenvalue weighted by Crippen LogP contribution is 2.20. The molecule has 21 heavy (non-hydrogen) atoms. The van der Waals surface area contributed by atoms with Gasteiger partial charge in [-0.25, -0.2) is 0 Å². The SMILES string of the molecule is Cc1cccc(C(=O)NNC(=O)c2cccc(C)c2O)c1. The summed E-state index contributed by atoms with van der Waals surface area (Å²) in [5.41, 5.74) is 6.71. The Morgan fingerprint density at radius 1 is 0.952 bits per heavy atom. The first kappa shape index (κ1) is 14.6. The van der Waals surface area contributed by atoms with Gasteiger partial charge in [-0.05, 0) is 37.6 Å². The molecule has 0 aliphatic carbocycles. The Bertz CT molecular complexity index is 696. The molecule has 2 aromatic carbocycles. The molecule has 0 saturated carbocycles. The zero-order valence-corrected chi connectivity index (χ0v) is 11.8. The molecule has 0 spiro atoms. The molecule has 3 N–H and O–H groups in total. The summed E-state index contributed by atoms with van der Waals surface area (Å²) in [6, 6.07) is 11.8. The van der Waals surface area contributed by atoms with E-state index >= 15 is 0 Å². The van der Waals surface area contributed by atoms with Crippen molar-refractivity contribution in [1.82, 2.24) is 10.9 Å². The predicted octanol–water partition coefficient (Wildman–Crippen LogP) is 2.08. The van der Waals surface area contributed by atoms with Gasteiger partial charge >= 0.3 is 0 Å². The number of aryl methyl sites for hydroxylation is 2. The van der Waals surface area contributed by atoms with Crippen LogP contribution in [0.4, 0.5) is 0 Å². The molecule has 5 nitrogen and oxygen atoms in total. The van der Waals surface area contributed by atoms with Gasteiger partial charge in [-0.2, -0.15) is 0 Å². The Labute approximate surface area is 122 Å². The van der Waals surface area contributed by atoms with Gasteiger partial charge in [0.1, 0.15) is 5.75 Å². The highest BCUT2D eigenvalue weighted by Gasteiger charge is 2.13. The average Bonchev–Trinajstić information content (AvgIpc) is 2.47. The van der Waals surface area contributed by atoms with Crippen molar-refractivity contribution < 1.29 is 14.7 Å². The number of benzene rings is 2. The Hall–Kier alpha value is -2.82. The van der Waals surface area contributed by atoms with Gasteiger partial charge < -0.3 is 5.11 Å². The largest absolute Gasteiger partial charge is 0.507 e. The van der Waals surface area contributed by atoms with Crippen LogP contribution in [0.3, 0.4) is 0 Å². The van der Waals surface area contributed by atoms with E-state index in [1.165, 1.54) is 6.07 Å². The van der Waals surface area contributed by atoms with Gasteiger partial charge in [0.2, 0.25) is 0 Å². The van der Waals surface area contributed by atoms with Crippen molar-refractivity contribution >= 4 is 11.8 Å². The van der Waals surface area contributed by atoms with Gasteiger partial charge in [0.05, 0.1) is 5.56 Å². The maximum atomic E-state index is 11.9. The molecular weight excluding hydrogens is 268 g/mol. The number of carbonyl (C=O) groups excluding carboxylic acids is 2. The molecule has 0 fully saturated rings. The number of hydrogen-bond acceptors (Lipinski definition) is 3. The first-order chi connectivity index (χ1) is 9.99. The lowest BCUT2D eigenvalue weighted by Gasteiger charge is -2.09. The Kier molecular flexibility index (Phi) is 4.23. The zero-order chi connectivity index (χ0) is 15.4. The third kappa shape index (κ3) is 3.39. The summed E-state index contributed by atoms with van der Waals surface area (Å²) in [4.78, 5) is 23.8. The second-order valence-electron chi connectivity index (χ2n) is 4.75. The normalized spacial score (nSPS) is 10.0. The van der Waals surface area contributed by atoms with E-state index in [0.717, 1.165) is 5.56 Å². The molecule has 2 aromatic rings. The summed E-state index contributed by atoms with van der Waals surface area (Å²) in [5, 5.41) is 9.81. The molecule has 0 aromatic heterocycles. The lowest BCUT2D eigenvalue weighted by Crippen LogP contribution is -2.41. The number of para-hydroxylation sites is 1. The number of rotatable bonds is 2. The van der Waals surface area contributed by atoms with Crippen LogP contribution in [0.5, 0.6) is 5.75 Å². The number of phenols is 1. The van der Waals surface area contributed by atoms with Crippen molar-refractivity contribution in [2.24, 2.45) is 0 Å². The van der Waals surface area contributed by atoms with Crippen molar-refractivity contribution in [3.8, 4) is 5.75 Å². The molecule has 5 heteroatoms. The molecule has 2 amide bonds. The van der Waals surface area contributed by atoms with Crippen LogP contribution >= 0.6 is 0 Å². The van der Waals surface area contributed by atoms with E-state index in [-0.39, 0.29) is 11.3 Å². The Morgan fingerprint density at radius 3 is 2.33 bits per heavy atom. The summed E-state index contributed by atoms with van der Waals surface area (Å²) in [5.74, 6) is -1.09. The number of hydrazine groups is 1. The van der Waals surface area contributed by atoms with Gasteiger partial charge in [-0.15, -0.1) is 0 Å². The Morgan fingerprint density at radius 2 is 1.62 bits per heavy atom. The van der Waals surface area contributed by atoms with Crippen LogP contribution in [0.2, 0.25) is 0 Å². The van der Waals surface area contributed by atoms with Gasteiger partial charge in [-0.1, -0.05) is 29.8 Å². The van der Waals surface area contributed by atoms with Crippen LogP contribution < -0.4 is 10.9 Å². The van der Waals surface area contributed by atoms with Gasteiger partial charge in [0.25, 0.3) is 11.8 Å². The number of aromatic hydroxyl groups is 1. The topological polar surface area (TPSA) is 78.4 Å². The molecule has 0 atom stereocenters. The van der Waals surface area contributed by atoms with E-state index < -0.39 is 11.8 Å². The van der Waals surface area contributed by atoms with Crippen molar-refractivity contribution in [1.29, 1.82) is 0 Å². The Balaban J connectivity index is 2.04. The van der Waals surface area contributed by atoms with Crippen LogP contribution in [-0.4, -0.2) is 16.9 Å². The van der Waals surface area contributed by atoms with E-state index in [1.807, 2.05) is 13.0 Å². The summed E-state index contributed by atoms with van der Waals surface area (Å²) in [7, 11) is 0. The van der Waals surface area contributed by atoms with E-state index in [4.69, 9.17) is 0 Å². The van der Waals surface area contributed by atoms with Crippen LogP contribution in [0.1, 0.15) is 31.8 Å². The molecule has 0 saturated heterocycles. The molecule has 2 rings (SSSR count). The minimum absolute atomic E-state index is 0.0974. The van der Waals surface area contributed by atoms with Crippen LogP contribution in [0.15, 0.2) is 42.5 Å². The standard InChI is InChI=1S/C16H16N2O3/c1-10-5-3-7-12(9-10)15(20)17-18-16(21)13-8-4-6-11(2)14(13)19/h3-9,19H,1-2H3,(H,17,20)(H,18,21). The molecule has 0 radical (unpaired) electrons. The van der Waals surface area contributed by atoms with E-state index in [1.54, 1.807) is 37.3 Å². The lowest BCUT2D eigenvalue weighted by atomic mass is 10.1. The van der Waals surface area contributed by atoms with Gasteiger partial charge in [0, 0.05) is 5.56 Å². The summed E-state index contributed by atoms with van der Waals surface area (Å²) in [6.45, 7) is 3.57. The molecule has 0 aliphatic heterocycles. The minimum Gasteiger partial charge on any atom is -0.507 e. The third-order valence-electron chi connectivity index (χ3n) is 3.05. The molecule has 0 aliphatic rings. The number of carbonyl (C=O) groups is 2. The quantitative estimate of drug-likeness (QED) is 0.739. The van der Waals surface area contributed by atoms with E-state index in [0.29, 0.717) is 11.1 Å². The van der Waals surface area contributed by atoms with Crippen molar-refractivity contribution in [3.05, 3.63) is 64.7 Å². The first-order valence-corrected chi connectivity index (χ1v) is 6.45. The fourth-order valence-electron chi connectivity index (χ4n) is 1.88. The van der Waals surface area contributed by atoms with E-state index in [2.05, 4.69) is 10.9 Å². The third-order valence-corrected chi connectivity index (χ3v) is 3.05. The molecule has 0 heterocycles. The van der Waals surface area contributed by atoms with Crippen molar-refractivity contribution in [3.63, 3.8) is 0 Å². The second kappa shape index (κ2) is 6.09. The number of hydrogen-bond donors (Lipinski definition) is 3. The first-order valence-electron chi connectivity index (χ1n) is 6.45. The van der Waals surface area contributed by atoms with Gasteiger partial charge in [-0.3, -0.25) is 20.4 Å². The predicted molar refractivity (Wildman–Crippen MR) is 79.0 cm³/mol. The van der Waals surface area contributed by atoms with Crippen LogP contribution in [0.25, 0.3) is 0 Å². The maximum absolute atomic E-state index is 11.9. The minimum atomic E-state index is -0.572. The van der Waals surface area contributed by atoms with E-state index in [9.17, 15) is 14.7 Å². The summed E-state index contributed by atoms with van der Waals surface area (Å²) >= 11 is 0. The van der Waals surface area contributed by atoms with Crippen LogP contribution in [-0.2, 0) is 0 Å². The number of phenolic OH excluding ortho intramolecular Hbond substituents is 1. The average molecular weight is 284 g/mol. The van der Waals surface area contributed by atoms with Gasteiger partial charge in [0.15, 0.2) is 0 Å². The lowest BCUT2D eigenvalue weighted by molar-refractivity contribution is 0.0845. The highest BCUT2D eigenvalue weighted by molar-refractivity contribution is 6.00. The molecule has 108 valence electrons. The fourth-order valence-corrected chi connectivity index (χ4v) is 1.88. The molecule has 0 bridgehead atoms. The molecular formula is C16H16N2O3. The second-order valence-corrected chi connectivity index (χ2v) is 4.75. The van der Waals surface area contributed by atoms with Crippen molar-refractivity contribution in [2.45, 2.75) is 13.8 Å². The van der Waals surface area contributed by atoms with Crippen molar-refractivity contribution in [2.75, 3.05) is 0 Å². The van der Waals surface area contributed by atoms with Crippen LogP contribution in [0, 0.1) is 13.8 Å². The summed E-state index contributed by atoms with van der Waals surface area (Å²) < 4.78 is 0. The number of amides is 2. The maximum Gasteiger partial charge on any atom is 0.273 e.